The predicted octanol–water partition coefficient (Wildman–Crippen LogP) is 3.95. The molecule has 5 heteroatoms. The highest BCUT2D eigenvalue weighted by atomic mass is 79.9. The fourth-order valence-corrected chi connectivity index (χ4v) is 3.53. The lowest BCUT2D eigenvalue weighted by molar-refractivity contribution is 0.409. The van der Waals surface area contributed by atoms with Gasteiger partial charge in [0.1, 0.15) is 5.75 Å². The molecular formula is C15H16Br2N2O. The summed E-state index contributed by atoms with van der Waals surface area (Å²) in [5.41, 5.74) is 2.50. The lowest BCUT2D eigenvalue weighted by Crippen LogP contribution is -2.16. The number of benzene rings is 1. The zero-order valence-corrected chi connectivity index (χ0v) is 14.4. The van der Waals surface area contributed by atoms with Gasteiger partial charge in [-0.1, -0.05) is 0 Å². The van der Waals surface area contributed by atoms with Gasteiger partial charge in [0.25, 0.3) is 0 Å². The average molecular weight is 400 g/mol. The lowest BCUT2D eigenvalue weighted by atomic mass is 10.2. The van der Waals surface area contributed by atoms with Gasteiger partial charge in [-0.2, -0.15) is 0 Å². The molecule has 0 saturated carbocycles. The number of hydrogen-bond acceptors (Lipinski definition) is 3. The molecule has 1 heterocycles. The summed E-state index contributed by atoms with van der Waals surface area (Å²) in [6.07, 6.45) is 4.65. The highest BCUT2D eigenvalue weighted by Crippen LogP contribution is 2.34. The second kappa shape index (κ2) is 7.76. The molecule has 3 nitrogen and oxygen atoms in total. The van der Waals surface area contributed by atoms with Crippen LogP contribution in [0.5, 0.6) is 5.75 Å². The number of nitrogens with one attached hydrogen (secondary N) is 1. The number of aromatic nitrogens is 1. The van der Waals surface area contributed by atoms with Crippen LogP contribution in [0.4, 0.5) is 0 Å². The molecule has 0 aliphatic carbocycles. The summed E-state index contributed by atoms with van der Waals surface area (Å²) in [5.74, 6) is 0.825. The first-order chi connectivity index (χ1) is 9.70. The topological polar surface area (TPSA) is 34.1 Å². The summed E-state index contributed by atoms with van der Waals surface area (Å²) in [5, 5.41) is 3.44. The maximum absolute atomic E-state index is 5.29. The van der Waals surface area contributed by atoms with Crippen molar-refractivity contribution in [3.05, 3.63) is 56.7 Å². The van der Waals surface area contributed by atoms with Crippen LogP contribution in [0.2, 0.25) is 0 Å². The van der Waals surface area contributed by atoms with Crippen LogP contribution in [0.3, 0.4) is 0 Å². The number of hydrogen-bond donors (Lipinski definition) is 1. The van der Waals surface area contributed by atoms with Gasteiger partial charge in [-0.05, 0) is 80.2 Å². The molecule has 0 atom stereocenters. The smallest absolute Gasteiger partial charge is 0.147 e. The normalized spacial score (nSPS) is 10.6. The van der Waals surface area contributed by atoms with Crippen LogP contribution in [0.1, 0.15) is 11.1 Å². The average Bonchev–Trinajstić information content (AvgIpc) is 2.44. The largest absolute Gasteiger partial charge is 0.494 e. The van der Waals surface area contributed by atoms with Gasteiger partial charge in [0.05, 0.1) is 16.1 Å². The molecule has 0 bridgehead atoms. The van der Waals surface area contributed by atoms with E-state index in [2.05, 4.69) is 54.3 Å². The van der Waals surface area contributed by atoms with Crippen LogP contribution in [0.15, 0.2) is 45.6 Å². The van der Waals surface area contributed by atoms with E-state index in [0.717, 1.165) is 34.2 Å². The van der Waals surface area contributed by atoms with Crippen molar-refractivity contribution in [3.63, 3.8) is 0 Å². The molecule has 2 aromatic rings. The van der Waals surface area contributed by atoms with E-state index >= 15 is 0 Å². The molecule has 0 unspecified atom stereocenters. The third-order valence-corrected chi connectivity index (χ3v) is 4.11. The Labute approximate surface area is 136 Å². The van der Waals surface area contributed by atoms with Crippen molar-refractivity contribution in [1.29, 1.82) is 0 Å². The molecule has 1 aromatic carbocycles. The third kappa shape index (κ3) is 4.30. The van der Waals surface area contributed by atoms with Crippen molar-refractivity contribution in [2.75, 3.05) is 13.7 Å². The van der Waals surface area contributed by atoms with E-state index < -0.39 is 0 Å². The Hall–Kier alpha value is -0.910. The van der Waals surface area contributed by atoms with Crippen LogP contribution in [0.25, 0.3) is 0 Å². The van der Waals surface area contributed by atoms with Crippen LogP contribution < -0.4 is 10.1 Å². The van der Waals surface area contributed by atoms with E-state index in [1.807, 2.05) is 24.5 Å². The number of methoxy groups -OCH3 is 1. The van der Waals surface area contributed by atoms with Crippen LogP contribution in [-0.2, 0) is 13.0 Å². The molecule has 0 saturated heterocycles. The number of halogens is 2. The van der Waals surface area contributed by atoms with Crippen LogP contribution in [-0.4, -0.2) is 18.6 Å². The Morgan fingerprint density at radius 1 is 1.10 bits per heavy atom. The summed E-state index contributed by atoms with van der Waals surface area (Å²) in [4.78, 5) is 4.01. The van der Waals surface area contributed by atoms with Gasteiger partial charge in [-0.25, -0.2) is 0 Å². The molecule has 1 aromatic heterocycles. The molecule has 0 radical (unpaired) electrons. The zero-order valence-electron chi connectivity index (χ0n) is 11.2. The van der Waals surface area contributed by atoms with Crippen LogP contribution >= 0.6 is 31.9 Å². The van der Waals surface area contributed by atoms with Gasteiger partial charge in [-0.3, -0.25) is 4.98 Å². The summed E-state index contributed by atoms with van der Waals surface area (Å²) < 4.78 is 7.21. The minimum atomic E-state index is 0.825. The minimum absolute atomic E-state index is 0.825. The second-order valence-electron chi connectivity index (χ2n) is 4.37. The fraction of sp³-hybridized carbons (Fsp3) is 0.267. The van der Waals surface area contributed by atoms with E-state index in [-0.39, 0.29) is 0 Å². The monoisotopic (exact) mass is 398 g/mol. The van der Waals surface area contributed by atoms with Crippen molar-refractivity contribution in [3.8, 4) is 5.75 Å². The van der Waals surface area contributed by atoms with Gasteiger partial charge >= 0.3 is 0 Å². The standard InChI is InChI=1S/C15H16Br2N2O/c1-20-15-13(16)8-12(9-14(15)17)10-19-7-4-11-2-5-18-6-3-11/h2-3,5-6,8-9,19H,4,7,10H2,1H3. The van der Waals surface area contributed by atoms with Gasteiger partial charge in [-0.15, -0.1) is 0 Å². The molecule has 1 N–H and O–H groups in total. The van der Waals surface area contributed by atoms with Crippen molar-refractivity contribution in [2.45, 2.75) is 13.0 Å². The van der Waals surface area contributed by atoms with Gasteiger partial charge < -0.3 is 10.1 Å². The minimum Gasteiger partial charge on any atom is -0.494 e. The first kappa shape index (κ1) is 15.5. The molecular weight excluding hydrogens is 384 g/mol. The predicted molar refractivity (Wildman–Crippen MR) is 88.0 cm³/mol. The first-order valence-electron chi connectivity index (χ1n) is 6.32. The van der Waals surface area contributed by atoms with E-state index in [9.17, 15) is 0 Å². The number of ether oxygens (including phenoxy) is 1. The van der Waals surface area contributed by atoms with Gasteiger partial charge in [0.2, 0.25) is 0 Å². The van der Waals surface area contributed by atoms with Crippen molar-refractivity contribution in [2.24, 2.45) is 0 Å². The maximum Gasteiger partial charge on any atom is 0.147 e. The molecule has 0 fully saturated rings. The summed E-state index contributed by atoms with van der Waals surface area (Å²) in [7, 11) is 1.66. The molecule has 0 aliphatic heterocycles. The Morgan fingerprint density at radius 3 is 2.35 bits per heavy atom. The molecule has 20 heavy (non-hydrogen) atoms. The molecule has 0 aliphatic rings. The van der Waals surface area contributed by atoms with Crippen LogP contribution in [0, 0.1) is 0 Å². The fourth-order valence-electron chi connectivity index (χ4n) is 1.92. The lowest BCUT2D eigenvalue weighted by Gasteiger charge is -2.10. The summed E-state index contributed by atoms with van der Waals surface area (Å²) >= 11 is 7.03. The van der Waals surface area contributed by atoms with E-state index in [0.29, 0.717) is 0 Å². The second-order valence-corrected chi connectivity index (χ2v) is 6.08. The molecule has 2 rings (SSSR count). The van der Waals surface area contributed by atoms with Crippen molar-refractivity contribution < 1.29 is 4.74 Å². The quantitative estimate of drug-likeness (QED) is 0.746. The van der Waals surface area contributed by atoms with Crippen molar-refractivity contribution in [1.82, 2.24) is 10.3 Å². The zero-order chi connectivity index (χ0) is 14.4. The Morgan fingerprint density at radius 2 is 1.75 bits per heavy atom. The van der Waals surface area contributed by atoms with E-state index in [1.54, 1.807) is 7.11 Å². The first-order valence-corrected chi connectivity index (χ1v) is 7.91. The summed E-state index contributed by atoms with van der Waals surface area (Å²) in [6.45, 7) is 1.76. The Kier molecular flexibility index (Phi) is 6.01. The van der Waals surface area contributed by atoms with E-state index in [1.165, 1.54) is 11.1 Å². The van der Waals surface area contributed by atoms with Gasteiger partial charge in [0, 0.05) is 18.9 Å². The Bertz CT molecular complexity index is 538. The number of pyridine rings is 1. The highest BCUT2D eigenvalue weighted by molar-refractivity contribution is 9.11. The molecule has 0 spiro atoms. The van der Waals surface area contributed by atoms with Gasteiger partial charge in [0.15, 0.2) is 0 Å². The molecule has 106 valence electrons. The maximum atomic E-state index is 5.29. The van der Waals surface area contributed by atoms with Crippen molar-refractivity contribution >= 4 is 31.9 Å². The SMILES string of the molecule is COc1c(Br)cc(CNCCc2ccncc2)cc1Br. The Balaban J connectivity index is 1.85. The summed E-state index contributed by atoms with van der Waals surface area (Å²) in [6, 6.07) is 8.23. The number of rotatable bonds is 6. The van der Waals surface area contributed by atoms with E-state index in [4.69, 9.17) is 4.74 Å². The number of nitrogens with zero attached hydrogens (tertiary/aromatic N) is 1. The third-order valence-electron chi connectivity index (χ3n) is 2.93. The molecule has 0 amide bonds. The highest BCUT2D eigenvalue weighted by Gasteiger charge is 2.07.